The van der Waals surface area contributed by atoms with Crippen molar-refractivity contribution in [3.05, 3.63) is 57.0 Å². The Balaban J connectivity index is 1.89. The van der Waals surface area contributed by atoms with Crippen LogP contribution in [0.2, 0.25) is 15.1 Å². The largest absolute Gasteiger partial charge is 0.490 e. The van der Waals surface area contributed by atoms with Gasteiger partial charge in [0.15, 0.2) is 0 Å². The summed E-state index contributed by atoms with van der Waals surface area (Å²) < 4.78 is 11.2. The predicted molar refractivity (Wildman–Crippen MR) is 86.8 cm³/mol. The third-order valence-electron chi connectivity index (χ3n) is 2.77. The molecule has 0 spiro atoms. The summed E-state index contributed by atoms with van der Waals surface area (Å²) in [6, 6.07) is 10.7. The molecule has 0 aliphatic carbocycles. The number of para-hydroxylation sites is 1. The molecule has 21 heavy (non-hydrogen) atoms. The van der Waals surface area contributed by atoms with Gasteiger partial charge in [0.05, 0.1) is 15.1 Å². The van der Waals surface area contributed by atoms with Gasteiger partial charge in [-0.05, 0) is 12.1 Å². The third-order valence-corrected chi connectivity index (χ3v) is 3.78. The molecule has 2 rings (SSSR count). The van der Waals surface area contributed by atoms with Crippen molar-refractivity contribution < 1.29 is 9.47 Å². The molecule has 0 aliphatic heterocycles. The first-order valence-corrected chi connectivity index (χ1v) is 7.43. The normalized spacial score (nSPS) is 10.5. The lowest BCUT2D eigenvalue weighted by Crippen LogP contribution is -2.11. The van der Waals surface area contributed by atoms with Gasteiger partial charge < -0.3 is 15.2 Å². The van der Waals surface area contributed by atoms with Crippen molar-refractivity contribution in [2.45, 2.75) is 6.54 Å². The number of rotatable bonds is 6. The maximum atomic E-state index is 6.02. The highest BCUT2D eigenvalue weighted by atomic mass is 35.5. The fourth-order valence-electron chi connectivity index (χ4n) is 1.73. The summed E-state index contributed by atoms with van der Waals surface area (Å²) in [6.07, 6.45) is 0. The first-order chi connectivity index (χ1) is 10.1. The Kier molecular flexibility index (Phi) is 6.00. The molecule has 112 valence electrons. The van der Waals surface area contributed by atoms with Gasteiger partial charge in [0, 0.05) is 18.2 Å². The molecule has 0 unspecified atom stereocenters. The summed E-state index contributed by atoms with van der Waals surface area (Å²) in [5.74, 6) is 1.23. The van der Waals surface area contributed by atoms with E-state index in [0.717, 1.165) is 11.3 Å². The summed E-state index contributed by atoms with van der Waals surface area (Å²) in [6.45, 7) is 1.12. The average Bonchev–Trinajstić information content (AvgIpc) is 2.49. The number of benzene rings is 2. The monoisotopic (exact) mass is 345 g/mol. The van der Waals surface area contributed by atoms with Crippen LogP contribution in [0.25, 0.3) is 0 Å². The summed E-state index contributed by atoms with van der Waals surface area (Å²) in [5, 5.41) is 1.19. The second-order valence-corrected chi connectivity index (χ2v) is 5.43. The first kappa shape index (κ1) is 16.2. The summed E-state index contributed by atoms with van der Waals surface area (Å²) in [4.78, 5) is 0. The lowest BCUT2D eigenvalue weighted by molar-refractivity contribution is 0.216. The second kappa shape index (κ2) is 7.76. The van der Waals surface area contributed by atoms with Gasteiger partial charge in [-0.1, -0.05) is 53.0 Å². The molecule has 0 bridgehead atoms. The molecule has 6 heteroatoms. The third kappa shape index (κ3) is 4.42. The Hall–Kier alpha value is -1.13. The second-order valence-electron chi connectivity index (χ2n) is 4.21. The van der Waals surface area contributed by atoms with Crippen LogP contribution in [0.5, 0.6) is 11.5 Å². The van der Waals surface area contributed by atoms with Gasteiger partial charge in [0.2, 0.25) is 0 Å². The standard InChI is InChI=1S/C15H14Cl3NO2/c16-11-7-13(18)15(8-12(11)17)21-6-5-20-14-4-2-1-3-10(14)9-19/h1-4,7-8H,5-6,9,19H2. The van der Waals surface area contributed by atoms with Crippen molar-refractivity contribution in [2.24, 2.45) is 5.73 Å². The molecule has 3 nitrogen and oxygen atoms in total. The van der Waals surface area contributed by atoms with Crippen LogP contribution in [0.1, 0.15) is 5.56 Å². The van der Waals surface area contributed by atoms with Gasteiger partial charge in [0.1, 0.15) is 24.7 Å². The van der Waals surface area contributed by atoms with Crippen LogP contribution in [0.4, 0.5) is 0 Å². The number of nitrogens with two attached hydrogens (primary N) is 1. The molecule has 0 fully saturated rings. The Morgan fingerprint density at radius 1 is 0.810 bits per heavy atom. The maximum absolute atomic E-state index is 6.02. The van der Waals surface area contributed by atoms with E-state index in [-0.39, 0.29) is 0 Å². The van der Waals surface area contributed by atoms with Crippen molar-refractivity contribution in [1.29, 1.82) is 0 Å². The van der Waals surface area contributed by atoms with Gasteiger partial charge >= 0.3 is 0 Å². The van der Waals surface area contributed by atoms with Crippen molar-refractivity contribution in [3.63, 3.8) is 0 Å². The van der Waals surface area contributed by atoms with Crippen LogP contribution in [0, 0.1) is 0 Å². The maximum Gasteiger partial charge on any atom is 0.139 e. The summed E-state index contributed by atoms with van der Waals surface area (Å²) >= 11 is 17.8. The molecule has 0 saturated heterocycles. The van der Waals surface area contributed by atoms with Crippen LogP contribution < -0.4 is 15.2 Å². The number of ether oxygens (including phenoxy) is 2. The molecule has 0 atom stereocenters. The van der Waals surface area contributed by atoms with Gasteiger partial charge in [-0.3, -0.25) is 0 Å². The van der Waals surface area contributed by atoms with Crippen LogP contribution in [0.15, 0.2) is 36.4 Å². The van der Waals surface area contributed by atoms with E-state index in [1.54, 1.807) is 12.1 Å². The molecule has 0 aromatic heterocycles. The summed E-state index contributed by atoms with van der Waals surface area (Å²) in [7, 11) is 0. The van der Waals surface area contributed by atoms with Gasteiger partial charge in [-0.2, -0.15) is 0 Å². The smallest absolute Gasteiger partial charge is 0.139 e. The van der Waals surface area contributed by atoms with Crippen LogP contribution >= 0.6 is 34.8 Å². The van der Waals surface area contributed by atoms with Crippen molar-refractivity contribution >= 4 is 34.8 Å². The Morgan fingerprint density at radius 3 is 2.14 bits per heavy atom. The fraction of sp³-hybridized carbons (Fsp3) is 0.200. The van der Waals surface area contributed by atoms with E-state index < -0.39 is 0 Å². The Bertz CT molecular complexity index is 620. The highest BCUT2D eigenvalue weighted by Gasteiger charge is 2.07. The van der Waals surface area contributed by atoms with E-state index >= 15 is 0 Å². The SMILES string of the molecule is NCc1ccccc1OCCOc1cc(Cl)c(Cl)cc1Cl. The Labute approximate surface area is 138 Å². The molecule has 2 aromatic carbocycles. The lowest BCUT2D eigenvalue weighted by atomic mass is 10.2. The predicted octanol–water partition coefficient (Wildman–Crippen LogP) is 4.56. The van der Waals surface area contributed by atoms with E-state index in [0.29, 0.717) is 40.6 Å². The number of hydrogen-bond donors (Lipinski definition) is 1. The molecular formula is C15H14Cl3NO2. The van der Waals surface area contributed by atoms with Crippen LogP contribution in [-0.2, 0) is 6.54 Å². The van der Waals surface area contributed by atoms with E-state index in [1.807, 2.05) is 24.3 Å². The van der Waals surface area contributed by atoms with E-state index in [1.165, 1.54) is 0 Å². The molecule has 2 N–H and O–H groups in total. The molecule has 0 heterocycles. The van der Waals surface area contributed by atoms with Crippen molar-refractivity contribution in [2.75, 3.05) is 13.2 Å². The lowest BCUT2D eigenvalue weighted by Gasteiger charge is -2.12. The average molecular weight is 347 g/mol. The molecule has 0 radical (unpaired) electrons. The van der Waals surface area contributed by atoms with Crippen molar-refractivity contribution in [3.8, 4) is 11.5 Å². The van der Waals surface area contributed by atoms with Crippen LogP contribution in [0.3, 0.4) is 0 Å². The minimum absolute atomic E-state index is 0.330. The molecular weight excluding hydrogens is 333 g/mol. The van der Waals surface area contributed by atoms with Crippen molar-refractivity contribution in [1.82, 2.24) is 0 Å². The summed E-state index contributed by atoms with van der Waals surface area (Å²) in [5.41, 5.74) is 6.59. The van der Waals surface area contributed by atoms with E-state index in [9.17, 15) is 0 Å². The highest BCUT2D eigenvalue weighted by molar-refractivity contribution is 6.43. The van der Waals surface area contributed by atoms with E-state index in [2.05, 4.69) is 0 Å². The molecule has 2 aromatic rings. The molecule has 0 amide bonds. The molecule has 0 saturated carbocycles. The minimum Gasteiger partial charge on any atom is -0.490 e. The fourth-order valence-corrected chi connectivity index (χ4v) is 2.32. The highest BCUT2D eigenvalue weighted by Crippen LogP contribution is 2.33. The Morgan fingerprint density at radius 2 is 1.43 bits per heavy atom. The zero-order chi connectivity index (χ0) is 15.2. The quantitative estimate of drug-likeness (QED) is 0.616. The zero-order valence-electron chi connectivity index (χ0n) is 11.1. The number of hydrogen-bond acceptors (Lipinski definition) is 3. The van der Waals surface area contributed by atoms with Gasteiger partial charge in [-0.25, -0.2) is 0 Å². The van der Waals surface area contributed by atoms with Crippen LogP contribution in [-0.4, -0.2) is 13.2 Å². The molecule has 0 aliphatic rings. The van der Waals surface area contributed by atoms with Gasteiger partial charge in [-0.15, -0.1) is 0 Å². The first-order valence-electron chi connectivity index (χ1n) is 6.30. The zero-order valence-corrected chi connectivity index (χ0v) is 13.4. The minimum atomic E-state index is 0.330. The number of halogens is 3. The van der Waals surface area contributed by atoms with Gasteiger partial charge in [0.25, 0.3) is 0 Å². The topological polar surface area (TPSA) is 44.5 Å². The van der Waals surface area contributed by atoms with E-state index in [4.69, 9.17) is 50.0 Å².